The molecule has 24 nitrogen and oxygen atoms in total. The molecule has 1 atom stereocenters. The molecule has 3 aliphatic rings. The number of carbonyl (C=O) groups excluding carboxylic acids is 3. The summed E-state index contributed by atoms with van der Waals surface area (Å²) in [6.07, 6.45) is 7.60. The van der Waals surface area contributed by atoms with Gasteiger partial charge in [0.05, 0.1) is 62.8 Å². The Morgan fingerprint density at radius 2 is 1.06 bits per heavy atom. The Labute approximate surface area is 627 Å². The molecule has 1 unspecified atom stereocenters. The molecule has 12 aromatic rings. The molecule has 0 bridgehead atoms. The van der Waals surface area contributed by atoms with Crippen molar-refractivity contribution in [1.82, 2.24) is 85.0 Å². The number of piperazine rings is 3. The number of rotatable bonds is 18. The molecule has 30 heteroatoms. The van der Waals surface area contributed by atoms with Gasteiger partial charge in [0.2, 0.25) is 11.9 Å². The maximum atomic E-state index is 17.9. The van der Waals surface area contributed by atoms with Gasteiger partial charge in [-0.05, 0) is 114 Å². The number of nitrogens with one attached hydrogen (secondary N) is 4. The monoisotopic (exact) mass is 1500 g/mol. The maximum absolute atomic E-state index is 17.9. The fraction of sp³-hybridized carbons (Fsp3) is 0.299. The van der Waals surface area contributed by atoms with Crippen LogP contribution in [0.1, 0.15) is 28.1 Å². The van der Waals surface area contributed by atoms with Crippen molar-refractivity contribution >= 4 is 141 Å². The number of amides is 3. The Morgan fingerprint density at radius 3 is 1.62 bits per heavy atom. The van der Waals surface area contributed by atoms with Gasteiger partial charge in [-0.15, -0.1) is 0 Å². The van der Waals surface area contributed by atoms with Crippen LogP contribution in [0.2, 0.25) is 15.1 Å². The molecule has 548 valence electrons. The van der Waals surface area contributed by atoms with Crippen molar-refractivity contribution in [2.45, 2.75) is 40.3 Å². The van der Waals surface area contributed by atoms with E-state index in [9.17, 15) is 14.4 Å². The van der Waals surface area contributed by atoms with Crippen molar-refractivity contribution < 1.29 is 27.6 Å². The first kappa shape index (κ1) is 71.8. The number of fused-ring (bicyclic) bond motifs is 6. The molecule has 3 amide bonds. The molecular formula is C77H75Cl3F3N21O3. The molecule has 0 aliphatic carbocycles. The van der Waals surface area contributed by atoms with E-state index >= 15 is 13.2 Å². The van der Waals surface area contributed by atoms with E-state index in [4.69, 9.17) is 54.7 Å². The molecule has 9 heterocycles. The second-order valence-electron chi connectivity index (χ2n) is 27.8. The molecule has 0 saturated carbocycles. The number of nitrogens with zero attached hydrogens (tertiary/aromatic N) is 17. The lowest BCUT2D eigenvalue weighted by atomic mass is 9.93. The summed E-state index contributed by atoms with van der Waals surface area (Å²) in [6.45, 7) is 24.1. The Hall–Kier alpha value is -10.8. The summed E-state index contributed by atoms with van der Waals surface area (Å²) in [5.74, 6) is -0.995. The van der Waals surface area contributed by atoms with Crippen molar-refractivity contribution in [3.8, 4) is 33.4 Å². The van der Waals surface area contributed by atoms with E-state index in [1.807, 2.05) is 96.6 Å². The van der Waals surface area contributed by atoms with E-state index in [2.05, 4.69) is 65.6 Å². The molecule has 6 aromatic heterocycles. The average Bonchev–Trinajstić information content (AvgIpc) is 1.71. The van der Waals surface area contributed by atoms with Crippen LogP contribution in [0.25, 0.3) is 98.8 Å². The molecule has 6 aromatic carbocycles. The normalized spacial score (nSPS) is 14.9. The molecule has 3 fully saturated rings. The third-order valence-electron chi connectivity index (χ3n) is 21.0. The van der Waals surface area contributed by atoms with Crippen molar-refractivity contribution in [1.29, 1.82) is 0 Å². The highest BCUT2D eigenvalue weighted by molar-refractivity contribution is 6.36. The molecule has 3 aliphatic heterocycles. The predicted molar refractivity (Wildman–Crippen MR) is 415 cm³/mol. The minimum atomic E-state index is -0.659. The van der Waals surface area contributed by atoms with E-state index in [-0.39, 0.29) is 129 Å². The molecule has 0 spiro atoms. The van der Waals surface area contributed by atoms with Crippen LogP contribution < -0.4 is 20.0 Å². The zero-order chi connectivity index (χ0) is 75.1. The predicted octanol–water partition coefficient (Wildman–Crippen LogP) is 12.2. The lowest BCUT2D eigenvalue weighted by molar-refractivity contribution is -0.128. The van der Waals surface area contributed by atoms with E-state index in [0.29, 0.717) is 136 Å². The number of aromatic amines is 3. The van der Waals surface area contributed by atoms with Crippen LogP contribution in [-0.4, -0.2) is 222 Å². The largest absolute Gasteiger partial charge is 0.352 e. The molecule has 4 N–H and O–H groups in total. The van der Waals surface area contributed by atoms with Crippen LogP contribution in [-0.2, 0) is 20.9 Å². The molecule has 15 rings (SSSR count). The third-order valence-corrected chi connectivity index (χ3v) is 21.9. The SMILES string of the molecule is C=CC(=O)N1CCN(c2nc(NCC(C(=C)C(=O)N3CCN(c4nc(CN(C)CC(=C)C(=O)N5CCN(c6ncnc7c(F)c(-c8c(C)c(C)cc9cn[nH]c89)c(Cl)cc67)CC5)nc5c(F)c(-c6c(C)ccc7[nH]ncc67)c(Cl)cc45)CC3)N(C)C)nc3c(F)c(-c4c(C)ccc5[nH]ncc45)c(Cl)cc23)CC1. The smallest absolute Gasteiger partial charge is 0.250 e. The standard InChI is InChI=1S/C77H75Cl3F3N21O3/c1-11-58(105)99-16-18-102(19-17-99)74-48-31-52(79)63(60-40(3)13-15-55-50(60)34-89-95-55)67(83)71(48)92-77(93-74)84-35-56(97(8)9)44(7)76(107)104-26-22-101(23-27-104)73-47-30-51(78)62(59-39(2)12-14-54-49(59)33-88-94-54)66(82)70(47)90-57(91-73)37-98(10)36-42(5)75(106)103-24-20-100(21-25-103)72-46-29-53(80)64(65(81)69(46)85-38-86-72)61-43(6)41(4)28-45-32-87-96-68(45)61/h11-15,28-34,38,56H,1,5,7,16-27,35-37H2,2-4,6,8-10H3,(H,87,96)(H,88,94)(H,89,95)(H,84,92,93). The third kappa shape index (κ3) is 13.0. The summed E-state index contributed by atoms with van der Waals surface area (Å²) in [5, 5.41) is 28.9. The zero-order valence-corrected chi connectivity index (χ0v) is 62.2. The highest BCUT2D eigenvalue weighted by Gasteiger charge is 2.35. The first-order valence-electron chi connectivity index (χ1n) is 35.0. The Morgan fingerprint density at radius 1 is 0.561 bits per heavy atom. The highest BCUT2D eigenvalue weighted by atomic mass is 35.5. The molecule has 3 saturated heterocycles. The Balaban J connectivity index is 0.655. The quantitative estimate of drug-likeness (QED) is 0.0583. The van der Waals surface area contributed by atoms with Crippen LogP contribution in [0, 0.1) is 45.1 Å². The van der Waals surface area contributed by atoms with Crippen LogP contribution >= 0.6 is 34.8 Å². The van der Waals surface area contributed by atoms with Crippen molar-refractivity contribution in [2.75, 3.05) is 133 Å². The van der Waals surface area contributed by atoms with E-state index < -0.39 is 23.5 Å². The van der Waals surface area contributed by atoms with Gasteiger partial charge in [-0.3, -0.25) is 34.6 Å². The Bertz CT molecular complexity index is 5680. The number of anilines is 4. The fourth-order valence-electron chi connectivity index (χ4n) is 15.2. The van der Waals surface area contributed by atoms with Gasteiger partial charge in [0.1, 0.15) is 46.2 Å². The minimum Gasteiger partial charge on any atom is -0.352 e. The minimum absolute atomic E-state index is 0.0172. The van der Waals surface area contributed by atoms with Crippen LogP contribution in [0.15, 0.2) is 110 Å². The second-order valence-corrected chi connectivity index (χ2v) is 29.0. The topological polar surface area (TPSA) is 253 Å². The summed E-state index contributed by atoms with van der Waals surface area (Å²) in [4.78, 5) is 85.5. The van der Waals surface area contributed by atoms with Gasteiger partial charge in [-0.2, -0.15) is 20.3 Å². The van der Waals surface area contributed by atoms with Crippen molar-refractivity contribution in [2.24, 2.45) is 0 Å². The summed E-state index contributed by atoms with van der Waals surface area (Å²) >= 11 is 21.3. The van der Waals surface area contributed by atoms with Gasteiger partial charge in [0.15, 0.2) is 17.5 Å². The van der Waals surface area contributed by atoms with Gasteiger partial charge in [-0.1, -0.05) is 66.7 Å². The lowest BCUT2D eigenvalue weighted by Crippen LogP contribution is -2.51. The number of hydrogen-bond acceptors (Lipinski definition) is 18. The number of aromatic nitrogens is 12. The van der Waals surface area contributed by atoms with Crippen molar-refractivity contribution in [3.63, 3.8) is 0 Å². The first-order valence-corrected chi connectivity index (χ1v) is 36.1. The number of aryl methyl sites for hydroxylation is 3. The van der Waals surface area contributed by atoms with Gasteiger partial charge < -0.3 is 39.6 Å². The van der Waals surface area contributed by atoms with Gasteiger partial charge >= 0.3 is 0 Å². The number of likely N-dealkylation sites (N-methyl/N-ethyl adjacent to an activating group) is 2. The second kappa shape index (κ2) is 28.8. The number of carbonyl (C=O) groups is 3. The Kier molecular flexibility index (Phi) is 19.3. The van der Waals surface area contributed by atoms with Gasteiger partial charge in [-0.25, -0.2) is 38.1 Å². The number of halogens is 6. The molecule has 107 heavy (non-hydrogen) atoms. The molecular weight excluding hydrogens is 1430 g/mol. The summed E-state index contributed by atoms with van der Waals surface area (Å²) in [5.41, 5.74) is 8.43. The van der Waals surface area contributed by atoms with Crippen LogP contribution in [0.3, 0.4) is 0 Å². The average molecular weight is 1510 g/mol. The fourth-order valence-corrected chi connectivity index (χ4v) is 16.1. The zero-order valence-electron chi connectivity index (χ0n) is 59.9. The lowest BCUT2D eigenvalue weighted by Gasteiger charge is -2.38. The van der Waals surface area contributed by atoms with Gasteiger partial charge in [0, 0.05) is 168 Å². The maximum Gasteiger partial charge on any atom is 0.250 e. The number of hydrogen-bond donors (Lipinski definition) is 4. The van der Waals surface area contributed by atoms with E-state index in [1.54, 1.807) is 58.5 Å². The molecule has 0 radical (unpaired) electrons. The summed E-state index contributed by atoms with van der Waals surface area (Å²) < 4.78 is 52.4. The van der Waals surface area contributed by atoms with Crippen molar-refractivity contribution in [3.05, 3.63) is 171 Å². The number of H-pyrrole nitrogens is 3. The number of benzene rings is 6. The summed E-state index contributed by atoms with van der Waals surface area (Å²) in [7, 11) is 5.47. The van der Waals surface area contributed by atoms with Crippen LogP contribution in [0.4, 0.5) is 36.6 Å². The van der Waals surface area contributed by atoms with E-state index in [0.717, 1.165) is 27.6 Å². The van der Waals surface area contributed by atoms with Crippen LogP contribution in [0.5, 0.6) is 0 Å². The summed E-state index contributed by atoms with van der Waals surface area (Å²) in [6, 6.07) is 13.9. The van der Waals surface area contributed by atoms with E-state index in [1.165, 1.54) is 12.4 Å². The first-order chi connectivity index (χ1) is 51.5. The highest BCUT2D eigenvalue weighted by Crippen LogP contribution is 2.46. The van der Waals surface area contributed by atoms with Gasteiger partial charge in [0.25, 0.3) is 11.8 Å².